The summed E-state index contributed by atoms with van der Waals surface area (Å²) >= 11 is 0. The van der Waals surface area contributed by atoms with Crippen molar-refractivity contribution in [2.24, 2.45) is 0 Å². The Morgan fingerprint density at radius 2 is 1.67 bits per heavy atom. The number of carbonyl (C=O) groups is 3. The van der Waals surface area contributed by atoms with Crippen LogP contribution in [0.4, 0.5) is 11.4 Å². The van der Waals surface area contributed by atoms with Crippen molar-refractivity contribution in [3.63, 3.8) is 0 Å². The van der Waals surface area contributed by atoms with E-state index in [1.165, 1.54) is 17.7 Å². The average Bonchev–Trinajstić information content (AvgIpc) is 2.83. The molecule has 0 fully saturated rings. The molecule has 3 rings (SSSR count). The molecule has 0 aliphatic heterocycles. The van der Waals surface area contributed by atoms with Gasteiger partial charge in [0, 0.05) is 5.69 Å². The van der Waals surface area contributed by atoms with Crippen molar-refractivity contribution in [3.8, 4) is 5.75 Å². The van der Waals surface area contributed by atoms with Crippen LogP contribution in [0.1, 0.15) is 52.5 Å². The molecule has 0 saturated heterocycles. The second-order valence-corrected chi connectivity index (χ2v) is 7.60. The maximum absolute atomic E-state index is 12.7. The average molecular weight is 447 g/mol. The van der Waals surface area contributed by atoms with E-state index in [2.05, 4.69) is 24.5 Å². The van der Waals surface area contributed by atoms with Crippen molar-refractivity contribution in [1.29, 1.82) is 0 Å². The first-order valence-electron chi connectivity index (χ1n) is 10.6. The van der Waals surface area contributed by atoms with Crippen LogP contribution in [0.5, 0.6) is 5.75 Å². The molecule has 0 heterocycles. The Balaban J connectivity index is 1.62. The van der Waals surface area contributed by atoms with E-state index in [9.17, 15) is 14.4 Å². The van der Waals surface area contributed by atoms with E-state index in [-0.39, 0.29) is 17.7 Å². The van der Waals surface area contributed by atoms with Crippen LogP contribution in [0.15, 0.2) is 72.8 Å². The normalized spacial score (nSPS) is 11.3. The number of nitrogens with one attached hydrogen (secondary N) is 2. The number of rotatable bonds is 9. The van der Waals surface area contributed by atoms with E-state index in [1.807, 2.05) is 24.3 Å². The third-order valence-electron chi connectivity index (χ3n) is 5.24. The highest BCUT2D eigenvalue weighted by atomic mass is 16.5. The Bertz CT molecular complexity index is 1140. The predicted molar refractivity (Wildman–Crippen MR) is 127 cm³/mol. The first-order chi connectivity index (χ1) is 15.9. The van der Waals surface area contributed by atoms with Crippen molar-refractivity contribution in [3.05, 3.63) is 89.5 Å². The molecule has 0 radical (unpaired) electrons. The van der Waals surface area contributed by atoms with Gasteiger partial charge in [-0.2, -0.15) is 0 Å². The van der Waals surface area contributed by atoms with E-state index in [0.29, 0.717) is 23.0 Å². The molecule has 0 aromatic heterocycles. The molecule has 3 N–H and O–H groups in total. The molecule has 7 nitrogen and oxygen atoms in total. The number of benzene rings is 3. The first-order valence-corrected chi connectivity index (χ1v) is 10.6. The van der Waals surface area contributed by atoms with Gasteiger partial charge in [0.15, 0.2) is 6.61 Å². The molecule has 0 unspecified atom stereocenters. The minimum atomic E-state index is -1.09. The molecule has 0 saturated carbocycles. The number of hydrogen-bond acceptors (Lipinski definition) is 4. The Morgan fingerprint density at radius 3 is 2.36 bits per heavy atom. The summed E-state index contributed by atoms with van der Waals surface area (Å²) in [4.78, 5) is 36.3. The van der Waals surface area contributed by atoms with Gasteiger partial charge in [-0.3, -0.25) is 9.59 Å². The molecule has 0 bridgehead atoms. The number of aromatic carboxylic acids is 1. The predicted octanol–water partition coefficient (Wildman–Crippen LogP) is 5.17. The molecule has 1 atom stereocenters. The topological polar surface area (TPSA) is 105 Å². The van der Waals surface area contributed by atoms with Crippen LogP contribution < -0.4 is 15.4 Å². The Labute approximate surface area is 192 Å². The summed E-state index contributed by atoms with van der Waals surface area (Å²) in [6.45, 7) is 4.07. The highest BCUT2D eigenvalue weighted by Gasteiger charge is 2.15. The summed E-state index contributed by atoms with van der Waals surface area (Å²) in [5.41, 5.74) is 2.17. The van der Waals surface area contributed by atoms with Gasteiger partial charge in [0.1, 0.15) is 5.75 Å². The number of carbonyl (C=O) groups excluding carboxylic acids is 2. The summed E-state index contributed by atoms with van der Waals surface area (Å²) in [5, 5.41) is 14.5. The fraction of sp³-hybridized carbons (Fsp3) is 0.192. The molecule has 33 heavy (non-hydrogen) atoms. The molecule has 170 valence electrons. The lowest BCUT2D eigenvalue weighted by molar-refractivity contribution is -0.118. The van der Waals surface area contributed by atoms with Crippen molar-refractivity contribution in [1.82, 2.24) is 0 Å². The monoisotopic (exact) mass is 446 g/mol. The Hall–Kier alpha value is -4.13. The van der Waals surface area contributed by atoms with Crippen LogP contribution in [-0.2, 0) is 4.79 Å². The fourth-order valence-corrected chi connectivity index (χ4v) is 3.18. The second-order valence-electron chi connectivity index (χ2n) is 7.60. The smallest absolute Gasteiger partial charge is 0.335 e. The molecule has 2 amide bonds. The summed E-state index contributed by atoms with van der Waals surface area (Å²) in [7, 11) is 0. The first kappa shape index (κ1) is 23.5. The second kappa shape index (κ2) is 10.9. The number of carboxylic acid groups (broad SMARTS) is 1. The van der Waals surface area contributed by atoms with Gasteiger partial charge in [0.2, 0.25) is 0 Å². The summed E-state index contributed by atoms with van der Waals surface area (Å²) < 4.78 is 5.57. The summed E-state index contributed by atoms with van der Waals surface area (Å²) in [6, 6.07) is 20.1. The Kier molecular flexibility index (Phi) is 7.81. The largest absolute Gasteiger partial charge is 0.484 e. The maximum Gasteiger partial charge on any atom is 0.335 e. The van der Waals surface area contributed by atoms with E-state index in [1.54, 1.807) is 36.4 Å². The van der Waals surface area contributed by atoms with E-state index in [4.69, 9.17) is 9.84 Å². The zero-order valence-corrected chi connectivity index (χ0v) is 18.5. The van der Waals surface area contributed by atoms with Crippen LogP contribution in [0.25, 0.3) is 0 Å². The van der Waals surface area contributed by atoms with E-state index >= 15 is 0 Å². The number of hydrogen-bond donors (Lipinski definition) is 3. The van der Waals surface area contributed by atoms with Gasteiger partial charge < -0.3 is 20.5 Å². The van der Waals surface area contributed by atoms with Crippen molar-refractivity contribution in [2.45, 2.75) is 26.2 Å². The maximum atomic E-state index is 12.7. The summed E-state index contributed by atoms with van der Waals surface area (Å²) in [5.74, 6) is -0.935. The number of amides is 2. The Morgan fingerprint density at radius 1 is 0.939 bits per heavy atom. The van der Waals surface area contributed by atoms with Gasteiger partial charge in [-0.1, -0.05) is 44.2 Å². The van der Waals surface area contributed by atoms with Crippen LogP contribution >= 0.6 is 0 Å². The van der Waals surface area contributed by atoms with Gasteiger partial charge in [0.25, 0.3) is 11.8 Å². The number of para-hydroxylation sites is 1. The molecular weight excluding hydrogens is 420 g/mol. The lowest BCUT2D eigenvalue weighted by Crippen LogP contribution is -2.22. The van der Waals surface area contributed by atoms with Gasteiger partial charge >= 0.3 is 5.97 Å². The molecule has 3 aromatic carbocycles. The van der Waals surface area contributed by atoms with E-state index < -0.39 is 17.8 Å². The molecule has 0 aliphatic carbocycles. The fourth-order valence-electron chi connectivity index (χ4n) is 3.18. The lowest BCUT2D eigenvalue weighted by Gasteiger charge is -2.13. The van der Waals surface area contributed by atoms with Crippen LogP contribution in [0.2, 0.25) is 0 Å². The van der Waals surface area contributed by atoms with Gasteiger partial charge in [-0.25, -0.2) is 4.79 Å². The van der Waals surface area contributed by atoms with Crippen molar-refractivity contribution in [2.75, 3.05) is 17.2 Å². The number of carboxylic acids is 1. The minimum absolute atomic E-state index is 0.0590. The zero-order valence-electron chi connectivity index (χ0n) is 18.5. The minimum Gasteiger partial charge on any atom is -0.484 e. The molecule has 3 aromatic rings. The number of anilines is 2. The highest BCUT2D eigenvalue weighted by Crippen LogP contribution is 2.22. The van der Waals surface area contributed by atoms with E-state index in [0.717, 1.165) is 6.42 Å². The van der Waals surface area contributed by atoms with Gasteiger partial charge in [-0.15, -0.1) is 0 Å². The number of ether oxygens (including phenoxy) is 1. The van der Waals surface area contributed by atoms with Crippen molar-refractivity contribution < 1.29 is 24.2 Å². The third-order valence-corrected chi connectivity index (χ3v) is 5.24. The van der Waals surface area contributed by atoms with Crippen LogP contribution in [-0.4, -0.2) is 29.5 Å². The van der Waals surface area contributed by atoms with Crippen LogP contribution in [0, 0.1) is 0 Å². The molecular formula is C26H26N2O5. The molecule has 0 spiro atoms. The van der Waals surface area contributed by atoms with Gasteiger partial charge in [-0.05, 0) is 60.4 Å². The summed E-state index contributed by atoms with van der Waals surface area (Å²) in [6.07, 6.45) is 1.04. The third kappa shape index (κ3) is 6.43. The standard InChI is InChI=1S/C26H26N2O5/c1-3-17(2)18-11-13-21(14-12-18)33-16-24(29)28-23-10-5-4-9-22(23)25(30)27-20-8-6-7-19(15-20)26(31)32/h4-15,17H,3,16H2,1-2H3,(H,27,30)(H,28,29)(H,31,32)/t17-/m0/s1. The molecule has 0 aliphatic rings. The van der Waals surface area contributed by atoms with Gasteiger partial charge in [0.05, 0.1) is 16.8 Å². The SMILES string of the molecule is CC[C@H](C)c1ccc(OCC(=O)Nc2ccccc2C(=O)Nc2cccc(C(=O)O)c2)cc1. The van der Waals surface area contributed by atoms with Crippen LogP contribution in [0.3, 0.4) is 0 Å². The molecule has 7 heteroatoms. The highest BCUT2D eigenvalue weighted by molar-refractivity contribution is 6.10. The lowest BCUT2D eigenvalue weighted by atomic mass is 9.99. The zero-order chi connectivity index (χ0) is 23.8. The van der Waals surface area contributed by atoms with Crippen molar-refractivity contribution >= 4 is 29.2 Å². The quantitative estimate of drug-likeness (QED) is 0.421.